The monoisotopic (exact) mass is 493 g/mol. The molecule has 4 aromatic rings. The van der Waals surface area contributed by atoms with E-state index >= 15 is 0 Å². The third kappa shape index (κ3) is 4.32. The molecule has 0 aliphatic heterocycles. The molecule has 172 valence electrons. The number of nitrogens with zero attached hydrogens (tertiary/aromatic N) is 5. The summed E-state index contributed by atoms with van der Waals surface area (Å²) in [6, 6.07) is 5.96. The molecule has 0 saturated heterocycles. The van der Waals surface area contributed by atoms with Gasteiger partial charge < -0.3 is 4.57 Å². The van der Waals surface area contributed by atoms with Crippen molar-refractivity contribution in [1.82, 2.24) is 24.5 Å². The second kappa shape index (κ2) is 8.41. The topological polar surface area (TPSA) is 90.6 Å². The van der Waals surface area contributed by atoms with Gasteiger partial charge in [-0.1, -0.05) is 13.0 Å². The largest absolute Gasteiger partial charge is 0.433 e. The first-order chi connectivity index (χ1) is 15.5. The molecule has 7 nitrogen and oxygen atoms in total. The predicted molar refractivity (Wildman–Crippen MR) is 119 cm³/mol. The van der Waals surface area contributed by atoms with Crippen LogP contribution >= 0.6 is 11.8 Å². The lowest BCUT2D eigenvalue weighted by atomic mass is 10.1. The molecule has 4 aromatic heterocycles. The Morgan fingerprint density at radius 2 is 1.76 bits per heavy atom. The van der Waals surface area contributed by atoms with E-state index in [-0.39, 0.29) is 27.7 Å². The number of thioether (sulfide) groups is 1. The average Bonchev–Trinajstić information content (AvgIpc) is 3.14. The van der Waals surface area contributed by atoms with Crippen LogP contribution < -0.4 is 0 Å². The second-order valence-corrected chi connectivity index (χ2v) is 10.2. The molecule has 0 aliphatic rings. The number of alkyl halides is 3. The zero-order chi connectivity index (χ0) is 24.0. The van der Waals surface area contributed by atoms with Gasteiger partial charge in [0, 0.05) is 30.6 Å². The molecular weight excluding hydrogens is 475 g/mol. The molecule has 0 radical (unpaired) electrons. The molecule has 0 aliphatic carbocycles. The van der Waals surface area contributed by atoms with Crippen molar-refractivity contribution >= 4 is 32.6 Å². The third-order valence-corrected chi connectivity index (χ3v) is 7.52. The highest BCUT2D eigenvalue weighted by Crippen LogP contribution is 2.34. The second-order valence-electron chi connectivity index (χ2n) is 7.11. The minimum Gasteiger partial charge on any atom is -0.324 e. The first-order valence-electron chi connectivity index (χ1n) is 9.68. The summed E-state index contributed by atoms with van der Waals surface area (Å²) in [5, 5.41) is 0.816. The summed E-state index contributed by atoms with van der Waals surface area (Å²) in [6.07, 6.45) is 1.47. The van der Waals surface area contributed by atoms with Gasteiger partial charge in [-0.3, -0.25) is 4.98 Å². The number of aryl methyl sites for hydroxylation is 1. The van der Waals surface area contributed by atoms with Crippen molar-refractivity contribution in [1.29, 1.82) is 0 Å². The maximum Gasteiger partial charge on any atom is 0.433 e. The van der Waals surface area contributed by atoms with E-state index in [4.69, 9.17) is 0 Å². The first-order valence-corrected chi connectivity index (χ1v) is 12.6. The Morgan fingerprint density at radius 1 is 1.03 bits per heavy atom. The quantitative estimate of drug-likeness (QED) is 0.375. The summed E-state index contributed by atoms with van der Waals surface area (Å²) in [7, 11) is -2.17. The van der Waals surface area contributed by atoms with Gasteiger partial charge in [-0.15, -0.1) is 11.8 Å². The van der Waals surface area contributed by atoms with Gasteiger partial charge in [-0.05, 0) is 24.5 Å². The highest BCUT2D eigenvalue weighted by atomic mass is 32.2. The third-order valence-electron chi connectivity index (χ3n) is 5.12. The zero-order valence-electron chi connectivity index (χ0n) is 17.8. The van der Waals surface area contributed by atoms with Crippen LogP contribution in [-0.4, -0.2) is 44.9 Å². The minimum atomic E-state index is -4.62. The maximum atomic E-state index is 13.1. The van der Waals surface area contributed by atoms with Gasteiger partial charge in [0.2, 0.25) is 0 Å². The molecule has 0 saturated carbocycles. The van der Waals surface area contributed by atoms with Gasteiger partial charge in [-0.25, -0.2) is 23.4 Å². The van der Waals surface area contributed by atoms with Gasteiger partial charge in [0.25, 0.3) is 0 Å². The highest BCUT2D eigenvalue weighted by molar-refractivity contribution is 7.98. The normalized spacial score (nSPS) is 12.4. The number of imidazole rings is 1. The van der Waals surface area contributed by atoms with E-state index in [1.165, 1.54) is 35.5 Å². The number of aromatic nitrogens is 5. The first kappa shape index (κ1) is 23.2. The fourth-order valence-electron chi connectivity index (χ4n) is 3.29. The molecule has 0 fully saturated rings. The number of pyridine rings is 3. The van der Waals surface area contributed by atoms with Crippen LogP contribution in [0.5, 0.6) is 0 Å². The van der Waals surface area contributed by atoms with Crippen molar-refractivity contribution in [2.75, 3.05) is 12.0 Å². The van der Waals surface area contributed by atoms with Crippen molar-refractivity contribution in [3.05, 3.63) is 48.5 Å². The van der Waals surface area contributed by atoms with Crippen molar-refractivity contribution in [3.63, 3.8) is 0 Å². The Morgan fingerprint density at radius 3 is 2.36 bits per heavy atom. The number of hydrogen-bond donors (Lipinski definition) is 0. The zero-order valence-corrected chi connectivity index (χ0v) is 19.4. The van der Waals surface area contributed by atoms with E-state index in [9.17, 15) is 21.6 Å². The molecule has 33 heavy (non-hydrogen) atoms. The lowest BCUT2D eigenvalue weighted by Crippen LogP contribution is -2.09. The van der Waals surface area contributed by atoms with Gasteiger partial charge in [0.1, 0.15) is 11.4 Å². The molecule has 0 spiro atoms. The lowest BCUT2D eigenvalue weighted by molar-refractivity contribution is -0.141. The van der Waals surface area contributed by atoms with Gasteiger partial charge >= 0.3 is 6.18 Å². The molecule has 0 atom stereocenters. The Labute approximate surface area is 192 Å². The Balaban J connectivity index is 1.91. The molecule has 0 unspecified atom stereocenters. The van der Waals surface area contributed by atoms with Crippen LogP contribution in [0.4, 0.5) is 13.2 Å². The number of sulfone groups is 1. The Bertz CT molecular complexity index is 1450. The van der Waals surface area contributed by atoms with Crippen LogP contribution in [0.25, 0.3) is 33.7 Å². The molecule has 0 aromatic carbocycles. The summed E-state index contributed by atoms with van der Waals surface area (Å²) >= 11 is 1.48. The van der Waals surface area contributed by atoms with Gasteiger partial charge in [0.05, 0.1) is 32.9 Å². The summed E-state index contributed by atoms with van der Waals surface area (Å²) in [6.45, 7) is 1.51. The van der Waals surface area contributed by atoms with Gasteiger partial charge in [-0.2, -0.15) is 13.2 Å². The van der Waals surface area contributed by atoms with Crippen LogP contribution in [0.1, 0.15) is 12.6 Å². The number of hydrogen-bond acceptors (Lipinski definition) is 7. The van der Waals surface area contributed by atoms with Crippen molar-refractivity contribution in [2.24, 2.45) is 7.05 Å². The van der Waals surface area contributed by atoms with Crippen LogP contribution in [0.15, 0.2) is 52.8 Å². The van der Waals surface area contributed by atoms with E-state index < -0.39 is 21.7 Å². The summed E-state index contributed by atoms with van der Waals surface area (Å²) in [4.78, 5) is 16.4. The molecular formula is C21H18F3N5O2S2. The molecule has 4 heterocycles. The molecule has 0 N–H and O–H groups in total. The van der Waals surface area contributed by atoms with E-state index in [1.54, 1.807) is 13.2 Å². The molecule has 4 rings (SSSR count). The van der Waals surface area contributed by atoms with E-state index in [0.29, 0.717) is 16.6 Å². The highest BCUT2D eigenvalue weighted by Gasteiger charge is 2.33. The van der Waals surface area contributed by atoms with Crippen LogP contribution in [0, 0.1) is 0 Å². The standard InChI is InChI=1S/C21H18F3N5O2S2/c1-4-33(30,31)16-7-13(12-5-6-18(32-3)26-9-12)10-27-19(16)20-28-14-8-17(21(22,23)24)25-11-15(14)29(20)2/h5-11H,4H2,1-3H3. The minimum absolute atomic E-state index is 0.0393. The number of fused-ring (bicyclic) bond motifs is 1. The predicted octanol–water partition coefficient (Wildman–Crippen LogP) is 4.63. The number of rotatable bonds is 5. The van der Waals surface area contributed by atoms with Crippen molar-refractivity contribution < 1.29 is 21.6 Å². The Hall–Kier alpha value is -2.99. The number of halogens is 3. The summed E-state index contributed by atoms with van der Waals surface area (Å²) in [5.74, 6) is -0.0565. The van der Waals surface area contributed by atoms with E-state index in [0.717, 1.165) is 17.3 Å². The SMILES string of the molecule is CCS(=O)(=O)c1cc(-c2ccc(SC)nc2)cnc1-c1nc2cc(C(F)(F)F)ncc2n1C. The van der Waals surface area contributed by atoms with Crippen LogP contribution in [0.2, 0.25) is 0 Å². The van der Waals surface area contributed by atoms with Crippen molar-refractivity contribution in [3.8, 4) is 22.6 Å². The van der Waals surface area contributed by atoms with E-state index in [2.05, 4.69) is 19.9 Å². The molecule has 12 heteroatoms. The van der Waals surface area contributed by atoms with E-state index in [1.807, 2.05) is 18.4 Å². The smallest absolute Gasteiger partial charge is 0.324 e. The molecule has 0 bridgehead atoms. The average molecular weight is 494 g/mol. The van der Waals surface area contributed by atoms with Gasteiger partial charge in [0.15, 0.2) is 15.7 Å². The fraction of sp³-hybridized carbons (Fsp3) is 0.238. The van der Waals surface area contributed by atoms with Crippen LogP contribution in [0.3, 0.4) is 0 Å². The van der Waals surface area contributed by atoms with Crippen molar-refractivity contribution in [2.45, 2.75) is 23.0 Å². The lowest BCUT2D eigenvalue weighted by Gasteiger charge is -2.11. The fourth-order valence-corrected chi connectivity index (χ4v) is 4.71. The summed E-state index contributed by atoms with van der Waals surface area (Å²) < 4.78 is 66.6. The van der Waals surface area contributed by atoms with Crippen LogP contribution in [-0.2, 0) is 23.1 Å². The maximum absolute atomic E-state index is 13.1. The summed E-state index contributed by atoms with van der Waals surface area (Å²) in [5.41, 5.74) is 0.569. The Kier molecular flexibility index (Phi) is 5.91. The molecule has 0 amide bonds.